The molecule has 0 fully saturated rings. The van der Waals surface area contributed by atoms with Crippen molar-refractivity contribution in [3.63, 3.8) is 0 Å². The fourth-order valence-electron chi connectivity index (χ4n) is 1.49. The number of methoxy groups -OCH3 is 1. The second-order valence-corrected chi connectivity index (χ2v) is 4.26. The van der Waals surface area contributed by atoms with Crippen LogP contribution in [0.4, 0.5) is 0 Å². The average Bonchev–Trinajstić information content (AvgIpc) is 2.80. The molecule has 6 heteroatoms. The zero-order chi connectivity index (χ0) is 12.4. The van der Waals surface area contributed by atoms with Gasteiger partial charge in [-0.05, 0) is 12.1 Å². The Hall–Kier alpha value is -1.23. The number of halogens is 2. The number of hydrogen-bond donors (Lipinski definition) is 2. The molecule has 0 aliphatic heterocycles. The van der Waals surface area contributed by atoms with E-state index in [0.717, 1.165) is 11.3 Å². The predicted octanol–water partition coefficient (Wildman–Crippen LogP) is 2.85. The van der Waals surface area contributed by atoms with Crippen LogP contribution in [0.25, 0.3) is 11.3 Å². The standard InChI is InChI=1S/C11H11Cl2N3O/c1-17-11-4-8(12)7(3-9(11)13)10-2-6(5-14)15-16-10/h2-4H,5,14H2,1H3,(H,15,16). The minimum absolute atomic E-state index is 0.397. The average molecular weight is 272 g/mol. The second kappa shape index (κ2) is 4.96. The van der Waals surface area contributed by atoms with E-state index < -0.39 is 0 Å². The highest BCUT2D eigenvalue weighted by molar-refractivity contribution is 6.36. The van der Waals surface area contributed by atoms with Crippen LogP contribution >= 0.6 is 23.2 Å². The molecule has 0 saturated carbocycles. The molecule has 0 atom stereocenters. The van der Waals surface area contributed by atoms with E-state index in [1.54, 1.807) is 12.1 Å². The van der Waals surface area contributed by atoms with Gasteiger partial charge < -0.3 is 10.5 Å². The fourth-order valence-corrected chi connectivity index (χ4v) is 1.98. The summed E-state index contributed by atoms with van der Waals surface area (Å²) in [6, 6.07) is 5.22. The molecule has 0 amide bonds. The van der Waals surface area contributed by atoms with Crippen LogP contribution in [0, 0.1) is 0 Å². The van der Waals surface area contributed by atoms with E-state index >= 15 is 0 Å². The van der Waals surface area contributed by atoms with Gasteiger partial charge in [-0.3, -0.25) is 5.10 Å². The third-order valence-electron chi connectivity index (χ3n) is 2.37. The fraction of sp³-hybridized carbons (Fsp3) is 0.182. The monoisotopic (exact) mass is 271 g/mol. The van der Waals surface area contributed by atoms with Gasteiger partial charge in [0.2, 0.25) is 0 Å². The molecular weight excluding hydrogens is 261 g/mol. The zero-order valence-corrected chi connectivity index (χ0v) is 10.6. The van der Waals surface area contributed by atoms with Crippen LogP contribution in [-0.2, 0) is 6.54 Å². The predicted molar refractivity (Wildman–Crippen MR) is 68.5 cm³/mol. The van der Waals surface area contributed by atoms with Gasteiger partial charge in [0.25, 0.3) is 0 Å². The van der Waals surface area contributed by atoms with Gasteiger partial charge in [-0.1, -0.05) is 23.2 Å². The third-order valence-corrected chi connectivity index (χ3v) is 2.98. The maximum Gasteiger partial charge on any atom is 0.138 e. The number of nitrogens with one attached hydrogen (secondary N) is 1. The molecule has 3 N–H and O–H groups in total. The van der Waals surface area contributed by atoms with E-state index in [1.165, 1.54) is 7.11 Å². The number of ether oxygens (including phenoxy) is 1. The van der Waals surface area contributed by atoms with Gasteiger partial charge in [0.15, 0.2) is 0 Å². The quantitative estimate of drug-likeness (QED) is 0.903. The van der Waals surface area contributed by atoms with Crippen molar-refractivity contribution in [2.24, 2.45) is 5.73 Å². The van der Waals surface area contributed by atoms with Crippen LogP contribution in [0.2, 0.25) is 10.0 Å². The lowest BCUT2D eigenvalue weighted by atomic mass is 10.1. The van der Waals surface area contributed by atoms with E-state index in [4.69, 9.17) is 33.7 Å². The van der Waals surface area contributed by atoms with Gasteiger partial charge in [-0.25, -0.2) is 0 Å². The van der Waals surface area contributed by atoms with Gasteiger partial charge in [-0.15, -0.1) is 0 Å². The lowest BCUT2D eigenvalue weighted by Gasteiger charge is -2.06. The SMILES string of the molecule is COc1cc(Cl)c(-c2cc(CN)[nH]n2)cc1Cl. The van der Waals surface area contributed by atoms with Crippen LogP contribution < -0.4 is 10.5 Å². The molecule has 0 saturated heterocycles. The molecule has 2 rings (SSSR count). The van der Waals surface area contributed by atoms with Crippen LogP contribution in [0.5, 0.6) is 5.75 Å². The lowest BCUT2D eigenvalue weighted by Crippen LogP contribution is -1.95. The first kappa shape index (κ1) is 12.2. The van der Waals surface area contributed by atoms with Crippen molar-refractivity contribution in [2.45, 2.75) is 6.54 Å². The van der Waals surface area contributed by atoms with Crippen molar-refractivity contribution in [1.29, 1.82) is 0 Å². The Labute approximate surface area is 109 Å². The molecule has 0 radical (unpaired) electrons. The summed E-state index contributed by atoms with van der Waals surface area (Å²) in [5.74, 6) is 0.537. The number of nitrogens with zero attached hydrogens (tertiary/aromatic N) is 1. The van der Waals surface area contributed by atoms with Crippen molar-refractivity contribution in [1.82, 2.24) is 10.2 Å². The Kier molecular flexibility index (Phi) is 3.57. The Bertz CT molecular complexity index is 540. The minimum atomic E-state index is 0.397. The van der Waals surface area contributed by atoms with Crippen molar-refractivity contribution in [3.05, 3.63) is 33.9 Å². The first-order valence-electron chi connectivity index (χ1n) is 4.93. The second-order valence-electron chi connectivity index (χ2n) is 3.45. The van der Waals surface area contributed by atoms with Crippen LogP contribution in [0.1, 0.15) is 5.69 Å². The molecule has 0 aliphatic carbocycles. The van der Waals surface area contributed by atoms with Crippen molar-refractivity contribution in [2.75, 3.05) is 7.11 Å². The van der Waals surface area contributed by atoms with Gasteiger partial charge >= 0.3 is 0 Å². The number of benzene rings is 1. The number of hydrogen-bond acceptors (Lipinski definition) is 3. The number of aromatic nitrogens is 2. The first-order valence-corrected chi connectivity index (χ1v) is 5.69. The van der Waals surface area contributed by atoms with Crippen molar-refractivity contribution >= 4 is 23.2 Å². The Morgan fingerprint density at radius 1 is 1.29 bits per heavy atom. The summed E-state index contributed by atoms with van der Waals surface area (Å²) in [5, 5.41) is 7.97. The van der Waals surface area contributed by atoms with Crippen molar-refractivity contribution in [3.8, 4) is 17.0 Å². The molecule has 1 aromatic heterocycles. The summed E-state index contributed by atoms with van der Waals surface area (Å²) in [7, 11) is 1.54. The summed E-state index contributed by atoms with van der Waals surface area (Å²) in [6.07, 6.45) is 0. The van der Waals surface area contributed by atoms with E-state index in [1.807, 2.05) is 6.07 Å². The van der Waals surface area contributed by atoms with Gasteiger partial charge in [-0.2, -0.15) is 5.10 Å². The van der Waals surface area contributed by atoms with Crippen LogP contribution in [0.3, 0.4) is 0 Å². The molecular formula is C11H11Cl2N3O. The summed E-state index contributed by atoms with van der Waals surface area (Å²) in [5.41, 5.74) is 7.79. The van der Waals surface area contributed by atoms with Crippen molar-refractivity contribution < 1.29 is 4.74 Å². The smallest absolute Gasteiger partial charge is 0.138 e. The number of H-pyrrole nitrogens is 1. The third kappa shape index (κ3) is 2.39. The largest absolute Gasteiger partial charge is 0.495 e. The summed E-state index contributed by atoms with van der Waals surface area (Å²) in [4.78, 5) is 0. The maximum atomic E-state index is 6.14. The highest BCUT2D eigenvalue weighted by atomic mass is 35.5. The lowest BCUT2D eigenvalue weighted by molar-refractivity contribution is 0.415. The maximum absolute atomic E-state index is 6.14. The first-order chi connectivity index (χ1) is 8.15. The number of rotatable bonds is 3. The van der Waals surface area contributed by atoms with E-state index in [2.05, 4.69) is 10.2 Å². The molecule has 0 bridgehead atoms. The minimum Gasteiger partial charge on any atom is -0.495 e. The summed E-state index contributed by atoms with van der Waals surface area (Å²) >= 11 is 12.2. The number of aromatic amines is 1. The summed E-state index contributed by atoms with van der Waals surface area (Å²) in [6.45, 7) is 0.397. The Morgan fingerprint density at radius 2 is 2.06 bits per heavy atom. The molecule has 2 aromatic rings. The molecule has 0 unspecified atom stereocenters. The van der Waals surface area contributed by atoms with E-state index in [-0.39, 0.29) is 0 Å². The molecule has 90 valence electrons. The molecule has 1 heterocycles. The molecule has 0 spiro atoms. The van der Waals surface area contributed by atoms with Gasteiger partial charge in [0.1, 0.15) is 5.75 Å². The Morgan fingerprint density at radius 3 is 2.65 bits per heavy atom. The highest BCUT2D eigenvalue weighted by Gasteiger charge is 2.12. The molecule has 1 aromatic carbocycles. The topological polar surface area (TPSA) is 63.9 Å². The van der Waals surface area contributed by atoms with E-state index in [9.17, 15) is 0 Å². The Balaban J connectivity index is 2.48. The summed E-state index contributed by atoms with van der Waals surface area (Å²) < 4.78 is 5.08. The zero-order valence-electron chi connectivity index (χ0n) is 9.13. The normalized spacial score (nSPS) is 10.6. The molecule has 4 nitrogen and oxygen atoms in total. The van der Waals surface area contributed by atoms with Gasteiger partial charge in [0, 0.05) is 23.9 Å². The van der Waals surface area contributed by atoms with Gasteiger partial charge in [0.05, 0.1) is 22.8 Å². The number of nitrogens with two attached hydrogens (primary N) is 1. The highest BCUT2D eigenvalue weighted by Crippen LogP contribution is 2.35. The van der Waals surface area contributed by atoms with Crippen LogP contribution in [-0.4, -0.2) is 17.3 Å². The molecule has 0 aliphatic rings. The van der Waals surface area contributed by atoms with E-state index in [0.29, 0.717) is 28.0 Å². The van der Waals surface area contributed by atoms with Crippen LogP contribution in [0.15, 0.2) is 18.2 Å². The molecule has 17 heavy (non-hydrogen) atoms.